The summed E-state index contributed by atoms with van der Waals surface area (Å²) in [6, 6.07) is 12.5. The molecule has 0 atom stereocenters. The van der Waals surface area contributed by atoms with E-state index < -0.39 is 0 Å². The van der Waals surface area contributed by atoms with Gasteiger partial charge in [0.05, 0.1) is 11.0 Å². The fourth-order valence-corrected chi connectivity index (χ4v) is 3.28. The van der Waals surface area contributed by atoms with Gasteiger partial charge in [-0.25, -0.2) is 4.79 Å². The van der Waals surface area contributed by atoms with Crippen molar-refractivity contribution in [3.63, 3.8) is 0 Å². The number of imidazole rings is 1. The molecule has 4 rings (SSSR count). The lowest BCUT2D eigenvalue weighted by Gasteiger charge is -2.27. The normalized spacial score (nSPS) is 15.3. The molecule has 0 saturated carbocycles. The molecule has 1 aliphatic rings. The van der Waals surface area contributed by atoms with E-state index in [0.717, 1.165) is 30.5 Å². The van der Waals surface area contributed by atoms with Crippen molar-refractivity contribution < 1.29 is 0 Å². The zero-order valence-electron chi connectivity index (χ0n) is 11.9. The maximum absolute atomic E-state index is 11.7. The maximum atomic E-state index is 11.7. The summed E-state index contributed by atoms with van der Waals surface area (Å²) in [6.45, 7) is 1.92. The van der Waals surface area contributed by atoms with Gasteiger partial charge in [-0.05, 0) is 41.8 Å². The smallest absolute Gasteiger partial charge is 0.306 e. The van der Waals surface area contributed by atoms with Gasteiger partial charge >= 0.3 is 5.69 Å². The number of benzene rings is 2. The highest BCUT2D eigenvalue weighted by Crippen LogP contribution is 2.34. The van der Waals surface area contributed by atoms with E-state index in [0.29, 0.717) is 0 Å². The Morgan fingerprint density at radius 2 is 1.90 bits per heavy atom. The number of likely N-dealkylation sites (N-methyl/N-ethyl adjacent to an activating group) is 1. The molecule has 0 radical (unpaired) electrons. The molecule has 4 heteroatoms. The van der Waals surface area contributed by atoms with Crippen LogP contribution in [0.25, 0.3) is 22.2 Å². The van der Waals surface area contributed by atoms with Gasteiger partial charge in [-0.1, -0.05) is 30.3 Å². The second-order valence-electron chi connectivity index (χ2n) is 5.74. The second kappa shape index (κ2) is 4.60. The summed E-state index contributed by atoms with van der Waals surface area (Å²) in [5.41, 5.74) is 6.78. The van der Waals surface area contributed by atoms with E-state index in [1.807, 2.05) is 6.07 Å². The van der Waals surface area contributed by atoms with Gasteiger partial charge in [-0.3, -0.25) is 0 Å². The van der Waals surface area contributed by atoms with E-state index in [-0.39, 0.29) is 5.69 Å². The van der Waals surface area contributed by atoms with Gasteiger partial charge in [-0.2, -0.15) is 0 Å². The predicted octanol–water partition coefficient (Wildman–Crippen LogP) is 2.51. The molecular weight excluding hydrogens is 262 g/mol. The minimum Gasteiger partial charge on any atom is -0.306 e. The molecule has 4 nitrogen and oxygen atoms in total. The van der Waals surface area contributed by atoms with Gasteiger partial charge < -0.3 is 14.9 Å². The molecule has 106 valence electrons. The van der Waals surface area contributed by atoms with Gasteiger partial charge in [0.25, 0.3) is 0 Å². The Labute approximate surface area is 122 Å². The SMILES string of the molecule is CN1CCc2c(-c3ccccc3)cc3[nH]c(=O)[nH]c3c2C1. The molecule has 0 aliphatic carbocycles. The number of aromatic amines is 2. The van der Waals surface area contributed by atoms with Crippen molar-refractivity contribution in [1.82, 2.24) is 14.9 Å². The van der Waals surface area contributed by atoms with Crippen LogP contribution in [0.3, 0.4) is 0 Å². The van der Waals surface area contributed by atoms with Gasteiger partial charge in [0.2, 0.25) is 0 Å². The molecule has 1 aromatic heterocycles. The van der Waals surface area contributed by atoms with Crippen molar-refractivity contribution in [3.8, 4) is 11.1 Å². The van der Waals surface area contributed by atoms with E-state index in [2.05, 4.69) is 52.2 Å². The van der Waals surface area contributed by atoms with E-state index >= 15 is 0 Å². The number of fused-ring (bicyclic) bond motifs is 3. The van der Waals surface area contributed by atoms with Crippen LogP contribution in [0, 0.1) is 0 Å². The summed E-state index contributed by atoms with van der Waals surface area (Å²) in [6.07, 6.45) is 1.01. The van der Waals surface area contributed by atoms with E-state index in [1.165, 1.54) is 22.3 Å². The van der Waals surface area contributed by atoms with Crippen molar-refractivity contribution in [3.05, 3.63) is 58.0 Å². The molecule has 0 bridgehead atoms. The number of rotatable bonds is 1. The number of aromatic nitrogens is 2. The maximum Gasteiger partial charge on any atom is 0.323 e. The predicted molar refractivity (Wildman–Crippen MR) is 84.4 cm³/mol. The first-order valence-electron chi connectivity index (χ1n) is 7.23. The molecule has 0 saturated heterocycles. The Morgan fingerprint density at radius 1 is 1.10 bits per heavy atom. The lowest BCUT2D eigenvalue weighted by atomic mass is 9.90. The van der Waals surface area contributed by atoms with Gasteiger partial charge in [0.1, 0.15) is 0 Å². The largest absolute Gasteiger partial charge is 0.323 e. The molecule has 2 N–H and O–H groups in total. The Kier molecular flexibility index (Phi) is 2.72. The first-order valence-corrected chi connectivity index (χ1v) is 7.23. The highest BCUT2D eigenvalue weighted by atomic mass is 16.1. The van der Waals surface area contributed by atoms with Crippen LogP contribution in [0.4, 0.5) is 0 Å². The average molecular weight is 279 g/mol. The van der Waals surface area contributed by atoms with Crippen LogP contribution in [0.1, 0.15) is 11.1 Å². The van der Waals surface area contributed by atoms with Crippen LogP contribution in [0.5, 0.6) is 0 Å². The quantitative estimate of drug-likeness (QED) is 0.719. The zero-order valence-corrected chi connectivity index (χ0v) is 11.9. The number of nitrogens with zero attached hydrogens (tertiary/aromatic N) is 1. The topological polar surface area (TPSA) is 51.9 Å². The third-order valence-electron chi connectivity index (χ3n) is 4.29. The summed E-state index contributed by atoms with van der Waals surface area (Å²) in [5, 5.41) is 0. The van der Waals surface area contributed by atoms with Crippen LogP contribution in [0.15, 0.2) is 41.2 Å². The molecule has 0 spiro atoms. The molecule has 0 amide bonds. The van der Waals surface area contributed by atoms with Crippen molar-refractivity contribution in [1.29, 1.82) is 0 Å². The number of nitrogens with one attached hydrogen (secondary N) is 2. The highest BCUT2D eigenvalue weighted by molar-refractivity contribution is 5.87. The summed E-state index contributed by atoms with van der Waals surface area (Å²) in [4.78, 5) is 19.8. The number of hydrogen-bond acceptors (Lipinski definition) is 2. The van der Waals surface area contributed by atoms with E-state index in [4.69, 9.17) is 0 Å². The Balaban J connectivity index is 2.05. The summed E-state index contributed by atoms with van der Waals surface area (Å²) in [5.74, 6) is 0. The molecule has 2 aromatic carbocycles. The zero-order chi connectivity index (χ0) is 14.4. The molecule has 1 aliphatic heterocycles. The Hall–Kier alpha value is -2.33. The molecule has 2 heterocycles. The van der Waals surface area contributed by atoms with E-state index in [9.17, 15) is 4.79 Å². The minimum absolute atomic E-state index is 0.134. The minimum atomic E-state index is -0.134. The average Bonchev–Trinajstić information content (AvgIpc) is 2.88. The fourth-order valence-electron chi connectivity index (χ4n) is 3.28. The summed E-state index contributed by atoms with van der Waals surface area (Å²) >= 11 is 0. The van der Waals surface area contributed by atoms with Crippen LogP contribution in [0.2, 0.25) is 0 Å². The van der Waals surface area contributed by atoms with Crippen LogP contribution in [-0.4, -0.2) is 28.5 Å². The van der Waals surface area contributed by atoms with Crippen molar-refractivity contribution in [2.24, 2.45) is 0 Å². The van der Waals surface area contributed by atoms with Crippen LogP contribution >= 0.6 is 0 Å². The first kappa shape index (κ1) is 12.4. The molecule has 21 heavy (non-hydrogen) atoms. The van der Waals surface area contributed by atoms with E-state index in [1.54, 1.807) is 0 Å². The standard InChI is InChI=1S/C17H17N3O/c1-20-8-7-12-13(11-5-3-2-4-6-11)9-15-16(14(12)10-20)19-17(21)18-15/h2-6,9H,7-8,10H2,1H3,(H2,18,19,21). The lowest BCUT2D eigenvalue weighted by Crippen LogP contribution is -2.27. The summed E-state index contributed by atoms with van der Waals surface area (Å²) < 4.78 is 0. The number of hydrogen-bond donors (Lipinski definition) is 2. The second-order valence-corrected chi connectivity index (χ2v) is 5.74. The van der Waals surface area contributed by atoms with Crippen molar-refractivity contribution in [2.45, 2.75) is 13.0 Å². The molecule has 3 aromatic rings. The van der Waals surface area contributed by atoms with Gasteiger partial charge in [0, 0.05) is 13.1 Å². The lowest BCUT2D eigenvalue weighted by molar-refractivity contribution is 0.314. The van der Waals surface area contributed by atoms with Gasteiger partial charge in [-0.15, -0.1) is 0 Å². The van der Waals surface area contributed by atoms with Crippen molar-refractivity contribution in [2.75, 3.05) is 13.6 Å². The Bertz CT molecular complexity index is 861. The Morgan fingerprint density at radius 3 is 2.71 bits per heavy atom. The van der Waals surface area contributed by atoms with Crippen LogP contribution < -0.4 is 5.69 Å². The molecular formula is C17H17N3O. The third kappa shape index (κ3) is 1.99. The number of H-pyrrole nitrogens is 2. The van der Waals surface area contributed by atoms with Crippen LogP contribution in [-0.2, 0) is 13.0 Å². The monoisotopic (exact) mass is 279 g/mol. The molecule has 0 fully saturated rings. The third-order valence-corrected chi connectivity index (χ3v) is 4.29. The molecule has 0 unspecified atom stereocenters. The highest BCUT2D eigenvalue weighted by Gasteiger charge is 2.21. The first-order chi connectivity index (χ1) is 10.2. The van der Waals surface area contributed by atoms with Gasteiger partial charge in [0.15, 0.2) is 0 Å². The summed E-state index contributed by atoms with van der Waals surface area (Å²) in [7, 11) is 2.12. The van der Waals surface area contributed by atoms with Crippen molar-refractivity contribution >= 4 is 11.0 Å². The fraction of sp³-hybridized carbons (Fsp3) is 0.235.